The van der Waals surface area contributed by atoms with Gasteiger partial charge in [-0.15, -0.1) is 11.3 Å². The highest BCUT2D eigenvalue weighted by Gasteiger charge is 2.08. The second kappa shape index (κ2) is 9.44. The molecule has 0 N–H and O–H groups in total. The molecule has 25 heavy (non-hydrogen) atoms. The number of thiophene rings is 1. The predicted octanol–water partition coefficient (Wildman–Crippen LogP) is 4.76. The molecule has 0 saturated carbocycles. The van der Waals surface area contributed by atoms with Crippen LogP contribution in [0.25, 0.3) is 6.08 Å². The summed E-state index contributed by atoms with van der Waals surface area (Å²) in [6.45, 7) is 4.62. The van der Waals surface area contributed by atoms with Crippen molar-refractivity contribution in [3.63, 3.8) is 0 Å². The molecule has 0 fully saturated rings. The second-order valence-electron chi connectivity index (χ2n) is 5.27. The Bertz CT molecular complexity index is 770. The number of ether oxygens (including phenoxy) is 2. The Morgan fingerprint density at radius 2 is 2.16 bits per heavy atom. The topological polar surface area (TPSA) is 38.8 Å². The van der Waals surface area contributed by atoms with Gasteiger partial charge in [-0.25, -0.2) is 0 Å². The molecule has 0 saturated heterocycles. The molecule has 1 amide bonds. The van der Waals surface area contributed by atoms with Gasteiger partial charge in [0.15, 0.2) is 11.5 Å². The molecule has 1 aromatic carbocycles. The lowest BCUT2D eigenvalue weighted by Gasteiger charge is -2.13. The highest BCUT2D eigenvalue weighted by Crippen LogP contribution is 2.28. The summed E-state index contributed by atoms with van der Waals surface area (Å²) in [5.74, 6) is 1.20. The number of amides is 1. The van der Waals surface area contributed by atoms with Crippen LogP contribution in [-0.2, 0) is 11.3 Å². The Morgan fingerprint density at radius 3 is 2.80 bits per heavy atom. The molecule has 0 unspecified atom stereocenters. The van der Waals surface area contributed by atoms with Crippen LogP contribution < -0.4 is 9.47 Å². The molecule has 6 heteroatoms. The second-order valence-corrected chi connectivity index (χ2v) is 7.18. The SMILES string of the molecule is C=CCOc1ccc(C=CC(=O)N(C)Cc2cc(Br)cs2)cc1OC. The number of halogens is 1. The van der Waals surface area contributed by atoms with E-state index in [1.807, 2.05) is 29.6 Å². The lowest BCUT2D eigenvalue weighted by Crippen LogP contribution is -2.23. The zero-order chi connectivity index (χ0) is 18.2. The van der Waals surface area contributed by atoms with Crippen LogP contribution in [0.1, 0.15) is 10.4 Å². The fraction of sp³-hybridized carbons (Fsp3) is 0.211. The maximum absolute atomic E-state index is 12.3. The smallest absolute Gasteiger partial charge is 0.246 e. The summed E-state index contributed by atoms with van der Waals surface area (Å²) in [6.07, 6.45) is 5.00. The molecule has 2 aromatic rings. The highest BCUT2D eigenvalue weighted by atomic mass is 79.9. The van der Waals surface area contributed by atoms with Gasteiger partial charge in [0.25, 0.3) is 0 Å². The first-order valence-electron chi connectivity index (χ1n) is 7.61. The number of nitrogens with zero attached hydrogens (tertiary/aromatic N) is 1. The predicted molar refractivity (Wildman–Crippen MR) is 106 cm³/mol. The third-order valence-electron chi connectivity index (χ3n) is 3.35. The van der Waals surface area contributed by atoms with E-state index in [1.54, 1.807) is 48.6 Å². The van der Waals surface area contributed by atoms with E-state index in [-0.39, 0.29) is 5.91 Å². The van der Waals surface area contributed by atoms with Gasteiger partial charge >= 0.3 is 0 Å². The van der Waals surface area contributed by atoms with E-state index in [0.29, 0.717) is 24.7 Å². The Labute approximate surface area is 160 Å². The Kier molecular flexibility index (Phi) is 7.28. The summed E-state index contributed by atoms with van der Waals surface area (Å²) >= 11 is 5.04. The molecular formula is C19H20BrNO3S. The Morgan fingerprint density at radius 1 is 1.36 bits per heavy atom. The average molecular weight is 422 g/mol. The normalized spacial score (nSPS) is 10.7. The fourth-order valence-electron chi connectivity index (χ4n) is 2.10. The van der Waals surface area contributed by atoms with Crippen molar-refractivity contribution in [3.8, 4) is 11.5 Å². The zero-order valence-electron chi connectivity index (χ0n) is 14.2. The molecule has 0 aliphatic rings. The number of methoxy groups -OCH3 is 1. The van der Waals surface area contributed by atoms with Gasteiger partial charge in [-0.3, -0.25) is 4.79 Å². The van der Waals surface area contributed by atoms with Crippen molar-refractivity contribution in [2.45, 2.75) is 6.54 Å². The van der Waals surface area contributed by atoms with Gasteiger partial charge < -0.3 is 14.4 Å². The molecule has 1 aromatic heterocycles. The van der Waals surface area contributed by atoms with Crippen LogP contribution in [0.2, 0.25) is 0 Å². The lowest BCUT2D eigenvalue weighted by atomic mass is 10.2. The van der Waals surface area contributed by atoms with E-state index >= 15 is 0 Å². The van der Waals surface area contributed by atoms with Crippen LogP contribution in [0.3, 0.4) is 0 Å². The number of hydrogen-bond acceptors (Lipinski definition) is 4. The quantitative estimate of drug-likeness (QED) is 0.455. The summed E-state index contributed by atoms with van der Waals surface area (Å²) < 4.78 is 11.9. The lowest BCUT2D eigenvalue weighted by molar-refractivity contribution is -0.125. The van der Waals surface area contributed by atoms with Crippen molar-refractivity contribution < 1.29 is 14.3 Å². The minimum atomic E-state index is -0.0597. The van der Waals surface area contributed by atoms with Crippen molar-refractivity contribution in [3.05, 3.63) is 63.3 Å². The third kappa shape index (κ3) is 5.76. The van der Waals surface area contributed by atoms with Gasteiger partial charge in [-0.05, 0) is 45.8 Å². The van der Waals surface area contributed by atoms with Crippen LogP contribution in [-0.4, -0.2) is 31.6 Å². The van der Waals surface area contributed by atoms with Gasteiger partial charge in [0, 0.05) is 27.9 Å². The van der Waals surface area contributed by atoms with Crippen LogP contribution >= 0.6 is 27.3 Å². The maximum Gasteiger partial charge on any atom is 0.246 e. The first kappa shape index (κ1) is 19.3. The number of rotatable bonds is 8. The highest BCUT2D eigenvalue weighted by molar-refractivity contribution is 9.10. The van der Waals surface area contributed by atoms with Crippen molar-refractivity contribution in [1.29, 1.82) is 0 Å². The van der Waals surface area contributed by atoms with E-state index in [4.69, 9.17) is 9.47 Å². The molecule has 0 bridgehead atoms. The first-order valence-corrected chi connectivity index (χ1v) is 9.28. The summed E-state index contributed by atoms with van der Waals surface area (Å²) in [6, 6.07) is 7.55. The number of likely N-dealkylation sites (N-methyl/N-ethyl adjacent to an activating group) is 1. The minimum Gasteiger partial charge on any atom is -0.493 e. The molecule has 2 rings (SSSR count). The average Bonchev–Trinajstić information content (AvgIpc) is 3.02. The molecule has 0 radical (unpaired) electrons. The monoisotopic (exact) mass is 421 g/mol. The van der Waals surface area contributed by atoms with Gasteiger partial charge in [0.1, 0.15) is 6.61 Å². The van der Waals surface area contributed by atoms with E-state index in [0.717, 1.165) is 14.9 Å². The summed E-state index contributed by atoms with van der Waals surface area (Å²) in [5, 5.41) is 2.01. The molecule has 0 aliphatic carbocycles. The van der Waals surface area contributed by atoms with E-state index in [1.165, 1.54) is 0 Å². The number of benzene rings is 1. The van der Waals surface area contributed by atoms with E-state index in [2.05, 4.69) is 22.5 Å². The van der Waals surface area contributed by atoms with Crippen molar-refractivity contribution >= 4 is 39.2 Å². The number of carbonyl (C=O) groups excluding carboxylic acids is 1. The van der Waals surface area contributed by atoms with Crippen molar-refractivity contribution in [1.82, 2.24) is 4.90 Å². The van der Waals surface area contributed by atoms with Gasteiger partial charge in [-0.2, -0.15) is 0 Å². The van der Waals surface area contributed by atoms with Gasteiger partial charge in [-0.1, -0.05) is 18.7 Å². The van der Waals surface area contributed by atoms with Gasteiger partial charge in [0.2, 0.25) is 5.91 Å². The summed E-state index contributed by atoms with van der Waals surface area (Å²) in [7, 11) is 3.37. The third-order valence-corrected chi connectivity index (χ3v) is 5.04. The van der Waals surface area contributed by atoms with E-state index in [9.17, 15) is 4.79 Å². The van der Waals surface area contributed by atoms with E-state index < -0.39 is 0 Å². The molecule has 0 atom stereocenters. The molecule has 4 nitrogen and oxygen atoms in total. The zero-order valence-corrected chi connectivity index (χ0v) is 16.6. The van der Waals surface area contributed by atoms with Gasteiger partial charge in [0.05, 0.1) is 13.7 Å². The molecule has 0 spiro atoms. The summed E-state index contributed by atoms with van der Waals surface area (Å²) in [4.78, 5) is 15.1. The van der Waals surface area contributed by atoms with Crippen LogP contribution in [0.5, 0.6) is 11.5 Å². The largest absolute Gasteiger partial charge is 0.493 e. The Hall–Kier alpha value is -2.05. The number of carbonyl (C=O) groups is 1. The molecular weight excluding hydrogens is 402 g/mol. The van der Waals surface area contributed by atoms with Crippen LogP contribution in [0.15, 0.2) is 52.8 Å². The van der Waals surface area contributed by atoms with Crippen LogP contribution in [0.4, 0.5) is 0 Å². The summed E-state index contributed by atoms with van der Waals surface area (Å²) in [5.41, 5.74) is 0.864. The van der Waals surface area contributed by atoms with Crippen molar-refractivity contribution in [2.75, 3.05) is 20.8 Å². The molecule has 0 aliphatic heterocycles. The molecule has 1 heterocycles. The minimum absolute atomic E-state index is 0.0597. The van der Waals surface area contributed by atoms with Crippen LogP contribution in [0, 0.1) is 0 Å². The first-order chi connectivity index (χ1) is 12.0. The number of hydrogen-bond donors (Lipinski definition) is 0. The fourth-order valence-corrected chi connectivity index (χ4v) is 3.60. The molecule has 132 valence electrons. The Balaban J connectivity index is 2.02. The maximum atomic E-state index is 12.3. The standard InChI is InChI=1S/C19H20BrNO3S/c1-4-9-24-17-7-5-14(10-18(17)23-3)6-8-19(22)21(2)12-16-11-15(20)13-25-16/h4-8,10-11,13H,1,9,12H2,2-3H3. The van der Waals surface area contributed by atoms with Crippen molar-refractivity contribution in [2.24, 2.45) is 0 Å².